The highest BCUT2D eigenvalue weighted by Gasteiger charge is 2.32. The Morgan fingerprint density at radius 3 is 2.24 bits per heavy atom. The fourth-order valence-electron chi connectivity index (χ4n) is 4.63. The van der Waals surface area contributed by atoms with Crippen molar-refractivity contribution in [3.8, 4) is 0 Å². The van der Waals surface area contributed by atoms with Gasteiger partial charge in [-0.05, 0) is 53.8 Å². The molecule has 0 aromatic heterocycles. The molecule has 0 saturated heterocycles. The van der Waals surface area contributed by atoms with Gasteiger partial charge in [0, 0.05) is 29.8 Å². The average molecular weight is 539 g/mol. The zero-order valence-electron chi connectivity index (χ0n) is 20.7. The van der Waals surface area contributed by atoms with E-state index in [1.165, 1.54) is 23.9 Å². The van der Waals surface area contributed by atoms with Crippen molar-refractivity contribution in [3.63, 3.8) is 0 Å². The molecule has 1 N–H and O–H groups in total. The van der Waals surface area contributed by atoms with Gasteiger partial charge in [0.05, 0.1) is 5.75 Å². The summed E-state index contributed by atoms with van der Waals surface area (Å²) in [6.07, 6.45) is 4.55. The van der Waals surface area contributed by atoms with Gasteiger partial charge in [0.2, 0.25) is 11.8 Å². The average Bonchev–Trinajstić information content (AvgIpc) is 3.42. The number of carbonyl (C=O) groups is 2. The molecule has 1 aliphatic rings. The number of halogens is 2. The van der Waals surface area contributed by atoms with Gasteiger partial charge in [-0.15, -0.1) is 11.8 Å². The third-order valence-electron chi connectivity index (χ3n) is 6.65. The molecule has 0 heterocycles. The fourth-order valence-corrected chi connectivity index (χ4v) is 5.62. The Bertz CT molecular complexity index is 1150. The maximum absolute atomic E-state index is 13.7. The molecule has 3 aromatic carbocycles. The lowest BCUT2D eigenvalue weighted by Crippen LogP contribution is -2.52. The van der Waals surface area contributed by atoms with Crippen LogP contribution in [0.5, 0.6) is 0 Å². The SMILES string of the molecule is O=C(NC1CCCC1)[C@H](Cc1ccccc1)N(Cc1ccc(F)cc1)C(=O)CSCc1ccc(Cl)cc1. The van der Waals surface area contributed by atoms with E-state index in [0.717, 1.165) is 42.4 Å². The first-order valence-electron chi connectivity index (χ1n) is 12.7. The number of benzene rings is 3. The topological polar surface area (TPSA) is 49.4 Å². The van der Waals surface area contributed by atoms with Crippen LogP contribution < -0.4 is 5.32 Å². The normalized spacial score (nSPS) is 14.3. The minimum absolute atomic E-state index is 0.120. The van der Waals surface area contributed by atoms with Crippen LogP contribution in [0.15, 0.2) is 78.9 Å². The van der Waals surface area contributed by atoms with Crippen molar-refractivity contribution in [2.45, 2.75) is 56.5 Å². The molecule has 37 heavy (non-hydrogen) atoms. The van der Waals surface area contributed by atoms with Gasteiger partial charge in [0.1, 0.15) is 11.9 Å². The minimum atomic E-state index is -0.670. The van der Waals surface area contributed by atoms with E-state index < -0.39 is 6.04 Å². The van der Waals surface area contributed by atoms with Crippen LogP contribution in [0.2, 0.25) is 5.02 Å². The molecule has 0 spiro atoms. The van der Waals surface area contributed by atoms with E-state index in [1.807, 2.05) is 54.6 Å². The Labute approximate surface area is 227 Å². The largest absolute Gasteiger partial charge is 0.352 e. The first kappa shape index (κ1) is 27.2. The number of rotatable bonds is 11. The summed E-state index contributed by atoms with van der Waals surface area (Å²) in [5.41, 5.74) is 2.84. The van der Waals surface area contributed by atoms with Crippen molar-refractivity contribution in [1.82, 2.24) is 10.2 Å². The molecule has 7 heteroatoms. The lowest BCUT2D eigenvalue weighted by Gasteiger charge is -2.32. The lowest BCUT2D eigenvalue weighted by molar-refractivity contribution is -0.139. The van der Waals surface area contributed by atoms with Gasteiger partial charge in [-0.3, -0.25) is 9.59 Å². The van der Waals surface area contributed by atoms with Crippen LogP contribution in [0.25, 0.3) is 0 Å². The van der Waals surface area contributed by atoms with Gasteiger partial charge in [-0.25, -0.2) is 4.39 Å². The second-order valence-electron chi connectivity index (χ2n) is 9.46. The van der Waals surface area contributed by atoms with Crippen molar-refractivity contribution in [2.24, 2.45) is 0 Å². The van der Waals surface area contributed by atoms with E-state index in [0.29, 0.717) is 17.2 Å². The van der Waals surface area contributed by atoms with E-state index >= 15 is 0 Å². The van der Waals surface area contributed by atoms with Crippen LogP contribution in [0.4, 0.5) is 4.39 Å². The van der Waals surface area contributed by atoms with Gasteiger partial charge in [-0.1, -0.05) is 79.0 Å². The maximum atomic E-state index is 13.7. The Hall–Kier alpha value is -2.83. The van der Waals surface area contributed by atoms with E-state index in [1.54, 1.807) is 17.0 Å². The number of nitrogens with zero attached hydrogens (tertiary/aromatic N) is 1. The summed E-state index contributed by atoms with van der Waals surface area (Å²) >= 11 is 7.49. The van der Waals surface area contributed by atoms with Crippen LogP contribution in [0, 0.1) is 5.82 Å². The summed E-state index contributed by atoms with van der Waals surface area (Å²) in [6, 6.07) is 22.9. The quantitative estimate of drug-likeness (QED) is 0.307. The Morgan fingerprint density at radius 1 is 0.919 bits per heavy atom. The first-order valence-corrected chi connectivity index (χ1v) is 14.2. The molecule has 0 radical (unpaired) electrons. The molecule has 3 aromatic rings. The maximum Gasteiger partial charge on any atom is 0.243 e. The summed E-state index contributed by atoms with van der Waals surface area (Å²) in [5, 5.41) is 3.88. The number of amides is 2. The standard InChI is InChI=1S/C30H32ClFN2O2S/c31-25-14-10-24(11-15-25)20-37-21-29(35)34(19-23-12-16-26(32)17-13-23)28(18-22-6-2-1-3-7-22)30(36)33-27-8-4-5-9-27/h1-3,6-7,10-17,27-28H,4-5,8-9,18-21H2,(H,33,36)/t28-/m0/s1. The predicted octanol–water partition coefficient (Wildman–Crippen LogP) is 6.41. The Balaban J connectivity index is 1.55. The van der Waals surface area contributed by atoms with Crippen LogP contribution in [0.1, 0.15) is 42.4 Å². The van der Waals surface area contributed by atoms with Crippen molar-refractivity contribution in [2.75, 3.05) is 5.75 Å². The number of carbonyl (C=O) groups excluding carboxylic acids is 2. The van der Waals surface area contributed by atoms with Gasteiger partial charge >= 0.3 is 0 Å². The van der Waals surface area contributed by atoms with Crippen molar-refractivity contribution >= 4 is 35.2 Å². The van der Waals surface area contributed by atoms with Crippen LogP contribution in [-0.2, 0) is 28.3 Å². The molecule has 1 aliphatic carbocycles. The van der Waals surface area contributed by atoms with Crippen molar-refractivity contribution < 1.29 is 14.0 Å². The number of hydrogen-bond acceptors (Lipinski definition) is 3. The first-order chi connectivity index (χ1) is 18.0. The van der Waals surface area contributed by atoms with E-state index in [9.17, 15) is 14.0 Å². The molecule has 1 fully saturated rings. The van der Waals surface area contributed by atoms with Gasteiger partial charge in [0.25, 0.3) is 0 Å². The molecule has 194 valence electrons. The Morgan fingerprint density at radius 2 is 1.57 bits per heavy atom. The molecular weight excluding hydrogens is 507 g/mol. The lowest BCUT2D eigenvalue weighted by atomic mass is 10.0. The molecule has 1 saturated carbocycles. The second-order valence-corrected chi connectivity index (χ2v) is 10.9. The zero-order valence-corrected chi connectivity index (χ0v) is 22.3. The monoisotopic (exact) mass is 538 g/mol. The highest BCUT2D eigenvalue weighted by Crippen LogP contribution is 2.22. The van der Waals surface area contributed by atoms with Crippen LogP contribution >= 0.6 is 23.4 Å². The third-order valence-corrected chi connectivity index (χ3v) is 7.89. The molecule has 4 nitrogen and oxygen atoms in total. The molecule has 0 aliphatic heterocycles. The summed E-state index contributed by atoms with van der Waals surface area (Å²) in [7, 11) is 0. The van der Waals surface area contributed by atoms with Gasteiger partial charge in [0.15, 0.2) is 0 Å². The molecule has 0 unspecified atom stereocenters. The smallest absolute Gasteiger partial charge is 0.243 e. The fraction of sp³-hybridized carbons (Fsp3) is 0.333. The number of hydrogen-bond donors (Lipinski definition) is 1. The highest BCUT2D eigenvalue weighted by molar-refractivity contribution is 7.99. The third kappa shape index (κ3) is 8.34. The summed E-state index contributed by atoms with van der Waals surface area (Å²) in [5.74, 6) is 0.302. The van der Waals surface area contributed by atoms with E-state index in [2.05, 4.69) is 5.32 Å². The Kier molecular flexibility index (Phi) is 10.0. The van der Waals surface area contributed by atoms with Crippen molar-refractivity contribution in [3.05, 3.63) is 106 Å². The van der Waals surface area contributed by atoms with Gasteiger partial charge < -0.3 is 10.2 Å². The van der Waals surface area contributed by atoms with Crippen LogP contribution in [0.3, 0.4) is 0 Å². The van der Waals surface area contributed by atoms with E-state index in [-0.39, 0.29) is 36.0 Å². The summed E-state index contributed by atoms with van der Waals surface area (Å²) < 4.78 is 13.6. The highest BCUT2D eigenvalue weighted by atomic mass is 35.5. The number of nitrogens with one attached hydrogen (secondary N) is 1. The minimum Gasteiger partial charge on any atom is -0.352 e. The van der Waals surface area contributed by atoms with Crippen molar-refractivity contribution in [1.29, 1.82) is 0 Å². The van der Waals surface area contributed by atoms with Gasteiger partial charge in [-0.2, -0.15) is 0 Å². The second kappa shape index (κ2) is 13.6. The summed E-state index contributed by atoms with van der Waals surface area (Å²) in [4.78, 5) is 29.0. The molecule has 0 bridgehead atoms. The molecular formula is C30H32ClFN2O2S. The van der Waals surface area contributed by atoms with E-state index in [4.69, 9.17) is 11.6 Å². The predicted molar refractivity (Wildman–Crippen MR) is 149 cm³/mol. The molecule has 4 rings (SSSR count). The zero-order chi connectivity index (χ0) is 26.0. The molecule has 2 amide bonds. The summed E-state index contributed by atoms with van der Waals surface area (Å²) in [6.45, 7) is 0.232. The number of thioether (sulfide) groups is 1. The molecule has 1 atom stereocenters. The van der Waals surface area contributed by atoms with Crippen LogP contribution in [-0.4, -0.2) is 34.6 Å².